The average molecular weight is 287 g/mol. The van der Waals surface area contributed by atoms with Crippen molar-refractivity contribution in [1.29, 1.82) is 0 Å². The van der Waals surface area contributed by atoms with E-state index in [2.05, 4.69) is 53.4 Å². The van der Waals surface area contributed by atoms with Crippen LogP contribution in [0.3, 0.4) is 0 Å². The van der Waals surface area contributed by atoms with Crippen LogP contribution < -0.4 is 5.32 Å². The fourth-order valence-electron chi connectivity index (χ4n) is 1.78. The number of benzene rings is 1. The topological polar surface area (TPSA) is 37.8 Å². The first-order chi connectivity index (χ1) is 9.65. The van der Waals surface area contributed by atoms with Gasteiger partial charge in [-0.1, -0.05) is 32.0 Å². The summed E-state index contributed by atoms with van der Waals surface area (Å²) >= 11 is 1.62. The zero-order valence-corrected chi connectivity index (χ0v) is 13.1. The molecule has 0 aliphatic heterocycles. The number of rotatable bonds is 6. The SMILES string of the molecule is Cc1cnc(Sc2ccccc2CNCC(C)C)nc1. The summed E-state index contributed by atoms with van der Waals surface area (Å²) in [6.45, 7) is 8.34. The number of aryl methyl sites for hydroxylation is 1. The van der Waals surface area contributed by atoms with E-state index in [0.29, 0.717) is 5.92 Å². The van der Waals surface area contributed by atoms with E-state index >= 15 is 0 Å². The number of aromatic nitrogens is 2. The van der Waals surface area contributed by atoms with E-state index in [-0.39, 0.29) is 0 Å². The summed E-state index contributed by atoms with van der Waals surface area (Å²) in [6, 6.07) is 8.42. The highest BCUT2D eigenvalue weighted by Crippen LogP contribution is 2.27. The third-order valence-electron chi connectivity index (χ3n) is 2.80. The Kier molecular flexibility index (Phi) is 5.56. The second-order valence-corrected chi connectivity index (χ2v) is 6.29. The van der Waals surface area contributed by atoms with Crippen molar-refractivity contribution in [3.8, 4) is 0 Å². The molecule has 1 heterocycles. The highest BCUT2D eigenvalue weighted by atomic mass is 32.2. The molecule has 0 spiro atoms. The monoisotopic (exact) mass is 287 g/mol. The molecular weight excluding hydrogens is 266 g/mol. The molecule has 0 unspecified atom stereocenters. The van der Waals surface area contributed by atoms with Crippen LogP contribution in [0.25, 0.3) is 0 Å². The van der Waals surface area contributed by atoms with Gasteiger partial charge in [-0.05, 0) is 48.3 Å². The van der Waals surface area contributed by atoms with Crippen molar-refractivity contribution in [2.24, 2.45) is 5.92 Å². The smallest absolute Gasteiger partial charge is 0.192 e. The van der Waals surface area contributed by atoms with Crippen LogP contribution in [-0.2, 0) is 6.54 Å². The lowest BCUT2D eigenvalue weighted by Gasteiger charge is -2.11. The van der Waals surface area contributed by atoms with Crippen molar-refractivity contribution in [2.45, 2.75) is 37.4 Å². The Bertz CT molecular complexity index is 538. The van der Waals surface area contributed by atoms with Crippen molar-refractivity contribution in [3.05, 3.63) is 47.8 Å². The minimum atomic E-state index is 0.662. The van der Waals surface area contributed by atoms with Crippen LogP contribution in [0, 0.1) is 12.8 Å². The Hall–Kier alpha value is -1.39. The molecule has 0 aliphatic carbocycles. The molecule has 2 aromatic rings. The molecule has 20 heavy (non-hydrogen) atoms. The molecule has 0 fully saturated rings. The molecule has 0 atom stereocenters. The molecular formula is C16H21N3S. The van der Waals surface area contributed by atoms with E-state index in [1.54, 1.807) is 11.8 Å². The summed E-state index contributed by atoms with van der Waals surface area (Å²) in [4.78, 5) is 9.92. The summed E-state index contributed by atoms with van der Waals surface area (Å²) in [6.07, 6.45) is 3.71. The Morgan fingerprint density at radius 1 is 1.15 bits per heavy atom. The van der Waals surface area contributed by atoms with Gasteiger partial charge in [0, 0.05) is 23.8 Å². The highest BCUT2D eigenvalue weighted by molar-refractivity contribution is 7.99. The van der Waals surface area contributed by atoms with Crippen molar-refractivity contribution in [1.82, 2.24) is 15.3 Å². The van der Waals surface area contributed by atoms with Gasteiger partial charge in [-0.25, -0.2) is 9.97 Å². The predicted molar refractivity (Wildman–Crippen MR) is 83.9 cm³/mol. The van der Waals surface area contributed by atoms with E-state index in [1.165, 1.54) is 10.5 Å². The zero-order valence-electron chi connectivity index (χ0n) is 12.3. The van der Waals surface area contributed by atoms with Gasteiger partial charge in [0.05, 0.1) is 0 Å². The Balaban J connectivity index is 2.05. The normalized spacial score (nSPS) is 11.0. The van der Waals surface area contributed by atoms with Crippen molar-refractivity contribution < 1.29 is 0 Å². The second-order valence-electron chi connectivity index (χ2n) is 5.28. The van der Waals surface area contributed by atoms with Crippen molar-refractivity contribution >= 4 is 11.8 Å². The molecule has 1 aromatic carbocycles. The van der Waals surface area contributed by atoms with E-state index in [4.69, 9.17) is 0 Å². The van der Waals surface area contributed by atoms with Crippen LogP contribution in [0.4, 0.5) is 0 Å². The van der Waals surface area contributed by atoms with Gasteiger partial charge in [0.1, 0.15) is 0 Å². The van der Waals surface area contributed by atoms with Crippen LogP contribution in [0.5, 0.6) is 0 Å². The summed E-state index contributed by atoms with van der Waals surface area (Å²) in [5.74, 6) is 0.662. The van der Waals surface area contributed by atoms with Gasteiger partial charge in [-0.3, -0.25) is 0 Å². The number of nitrogens with one attached hydrogen (secondary N) is 1. The average Bonchev–Trinajstić information content (AvgIpc) is 2.43. The van der Waals surface area contributed by atoms with Crippen LogP contribution in [0.1, 0.15) is 25.0 Å². The molecule has 4 heteroatoms. The van der Waals surface area contributed by atoms with E-state index in [0.717, 1.165) is 23.8 Å². The molecule has 1 N–H and O–H groups in total. The second kappa shape index (κ2) is 7.41. The van der Waals surface area contributed by atoms with Gasteiger partial charge in [-0.2, -0.15) is 0 Å². The van der Waals surface area contributed by atoms with Gasteiger partial charge < -0.3 is 5.32 Å². The number of hydrogen-bond acceptors (Lipinski definition) is 4. The van der Waals surface area contributed by atoms with E-state index < -0.39 is 0 Å². The molecule has 1 aromatic heterocycles. The number of hydrogen-bond donors (Lipinski definition) is 1. The van der Waals surface area contributed by atoms with E-state index in [9.17, 15) is 0 Å². The maximum absolute atomic E-state index is 4.35. The molecule has 0 aliphatic rings. The first-order valence-electron chi connectivity index (χ1n) is 6.90. The maximum atomic E-state index is 4.35. The predicted octanol–water partition coefficient (Wildman–Crippen LogP) is 3.68. The molecule has 0 radical (unpaired) electrons. The minimum Gasteiger partial charge on any atom is -0.312 e. The molecule has 3 nitrogen and oxygen atoms in total. The fraction of sp³-hybridized carbons (Fsp3) is 0.375. The third kappa shape index (κ3) is 4.62. The Labute approximate surface area is 125 Å². The van der Waals surface area contributed by atoms with Gasteiger partial charge >= 0.3 is 0 Å². The molecule has 0 saturated carbocycles. The first kappa shape index (κ1) is 15.0. The number of nitrogens with zero attached hydrogens (tertiary/aromatic N) is 2. The fourth-order valence-corrected chi connectivity index (χ4v) is 2.60. The summed E-state index contributed by atoms with van der Waals surface area (Å²) in [7, 11) is 0. The lowest BCUT2D eigenvalue weighted by atomic mass is 10.2. The van der Waals surface area contributed by atoms with Gasteiger partial charge in [-0.15, -0.1) is 0 Å². The van der Waals surface area contributed by atoms with Gasteiger partial charge in [0.15, 0.2) is 5.16 Å². The highest BCUT2D eigenvalue weighted by Gasteiger charge is 2.06. The first-order valence-corrected chi connectivity index (χ1v) is 7.72. The van der Waals surface area contributed by atoms with Gasteiger partial charge in [0.25, 0.3) is 0 Å². The molecule has 0 bridgehead atoms. The summed E-state index contributed by atoms with van der Waals surface area (Å²) in [5, 5.41) is 4.28. The maximum Gasteiger partial charge on any atom is 0.192 e. The van der Waals surface area contributed by atoms with Crippen LogP contribution in [0.15, 0.2) is 46.7 Å². The minimum absolute atomic E-state index is 0.662. The van der Waals surface area contributed by atoms with Crippen LogP contribution in [0.2, 0.25) is 0 Å². The lowest BCUT2D eigenvalue weighted by Crippen LogP contribution is -2.19. The van der Waals surface area contributed by atoms with Crippen LogP contribution >= 0.6 is 11.8 Å². The Morgan fingerprint density at radius 2 is 1.85 bits per heavy atom. The molecule has 2 rings (SSSR count). The van der Waals surface area contributed by atoms with Crippen molar-refractivity contribution in [3.63, 3.8) is 0 Å². The third-order valence-corrected chi connectivity index (χ3v) is 3.81. The van der Waals surface area contributed by atoms with Crippen LogP contribution in [-0.4, -0.2) is 16.5 Å². The standard InChI is InChI=1S/C16H21N3S/c1-12(2)8-17-11-14-6-4-5-7-15(14)20-16-18-9-13(3)10-19-16/h4-7,9-10,12,17H,8,11H2,1-3H3. The zero-order chi connectivity index (χ0) is 14.4. The largest absolute Gasteiger partial charge is 0.312 e. The molecule has 0 amide bonds. The molecule has 0 saturated heterocycles. The summed E-state index contributed by atoms with van der Waals surface area (Å²) < 4.78 is 0. The quantitative estimate of drug-likeness (QED) is 0.822. The lowest BCUT2D eigenvalue weighted by molar-refractivity contribution is 0.550. The van der Waals surface area contributed by atoms with Gasteiger partial charge in [0.2, 0.25) is 0 Å². The van der Waals surface area contributed by atoms with Crippen molar-refractivity contribution in [2.75, 3.05) is 6.54 Å². The Morgan fingerprint density at radius 3 is 2.55 bits per heavy atom. The summed E-state index contributed by atoms with van der Waals surface area (Å²) in [5.41, 5.74) is 2.38. The molecule has 106 valence electrons. The van der Waals surface area contributed by atoms with E-state index in [1.807, 2.05) is 19.3 Å².